The molecule has 0 saturated heterocycles. The molecule has 1 aromatic rings. The summed E-state index contributed by atoms with van der Waals surface area (Å²) in [7, 11) is 0. The van der Waals surface area contributed by atoms with Gasteiger partial charge in [-0.15, -0.1) is 18.3 Å². The number of hydrogen-bond donors (Lipinski definition) is 0. The van der Waals surface area contributed by atoms with E-state index in [9.17, 15) is 4.79 Å². The Kier molecular flexibility index (Phi) is 4.84. The lowest BCUT2D eigenvalue weighted by molar-refractivity contribution is 0.567. The predicted octanol–water partition coefficient (Wildman–Crippen LogP) is 2.84. The van der Waals surface area contributed by atoms with Gasteiger partial charge in [-0.1, -0.05) is 36.4 Å². The maximum Gasteiger partial charge on any atom is 0.130 e. The fourth-order valence-electron chi connectivity index (χ4n) is 1.07. The van der Waals surface area contributed by atoms with Crippen LogP contribution in [0.2, 0.25) is 0 Å². The third-order valence-corrected chi connectivity index (χ3v) is 2.82. The first kappa shape index (κ1) is 10.8. The standard InChI is InChI=1S/C12H11OS/c1-2-10-14-12(8-9-13)11-6-4-3-5-7-11/h2-7,12H,1,10H2. The van der Waals surface area contributed by atoms with Gasteiger partial charge in [0, 0.05) is 5.75 Å². The topological polar surface area (TPSA) is 17.1 Å². The van der Waals surface area contributed by atoms with Crippen LogP contribution in [0.4, 0.5) is 0 Å². The van der Waals surface area contributed by atoms with Crippen LogP contribution in [0.15, 0.2) is 43.0 Å². The fourth-order valence-corrected chi connectivity index (χ4v) is 1.88. The highest BCUT2D eigenvalue weighted by molar-refractivity contribution is 7.99. The van der Waals surface area contributed by atoms with E-state index in [1.165, 1.54) is 0 Å². The van der Waals surface area contributed by atoms with Crippen molar-refractivity contribution in [2.75, 3.05) is 5.75 Å². The van der Waals surface area contributed by atoms with Crippen LogP contribution in [-0.2, 0) is 4.79 Å². The molecule has 1 unspecified atom stereocenters. The normalized spacial score (nSPS) is 11.4. The van der Waals surface area contributed by atoms with E-state index >= 15 is 0 Å². The zero-order valence-corrected chi connectivity index (χ0v) is 8.59. The Hall–Kier alpha value is -1.24. The molecule has 1 nitrogen and oxygen atoms in total. The van der Waals surface area contributed by atoms with Crippen LogP contribution in [-0.4, -0.2) is 11.7 Å². The molecule has 1 atom stereocenters. The zero-order valence-electron chi connectivity index (χ0n) is 7.77. The van der Waals surface area contributed by atoms with Gasteiger partial charge in [0.05, 0.1) is 11.3 Å². The summed E-state index contributed by atoms with van der Waals surface area (Å²) in [5, 5.41) is -0.0355. The summed E-state index contributed by atoms with van der Waals surface area (Å²) in [5.41, 5.74) is 1.07. The number of thioether (sulfide) groups is 1. The molecule has 0 heterocycles. The van der Waals surface area contributed by atoms with Crippen molar-refractivity contribution in [2.24, 2.45) is 0 Å². The van der Waals surface area contributed by atoms with Gasteiger partial charge in [0.25, 0.3) is 0 Å². The second kappa shape index (κ2) is 6.25. The van der Waals surface area contributed by atoms with Gasteiger partial charge in [-0.25, -0.2) is 4.79 Å². The molecule has 0 aliphatic heterocycles. The van der Waals surface area contributed by atoms with E-state index in [0.29, 0.717) is 0 Å². The molecule has 0 amide bonds. The number of benzene rings is 1. The quantitative estimate of drug-likeness (QED) is 0.540. The minimum absolute atomic E-state index is 0.0355. The summed E-state index contributed by atoms with van der Waals surface area (Å²) in [5.74, 6) is 2.52. The SMILES string of the molecule is C=CCSC([C]=C=O)c1ccccc1. The van der Waals surface area contributed by atoms with Gasteiger partial charge in [-0.05, 0) is 5.56 Å². The van der Waals surface area contributed by atoms with Crippen molar-refractivity contribution in [3.63, 3.8) is 0 Å². The molecule has 0 saturated carbocycles. The first-order valence-corrected chi connectivity index (χ1v) is 5.33. The molecule has 0 spiro atoms. The molecule has 1 radical (unpaired) electrons. The van der Waals surface area contributed by atoms with Crippen molar-refractivity contribution >= 4 is 17.7 Å². The second-order valence-corrected chi connectivity index (χ2v) is 3.80. The summed E-state index contributed by atoms with van der Waals surface area (Å²) in [6, 6.07) is 9.80. The van der Waals surface area contributed by atoms with E-state index < -0.39 is 0 Å². The Morgan fingerprint density at radius 1 is 1.43 bits per heavy atom. The zero-order chi connectivity index (χ0) is 10.2. The van der Waals surface area contributed by atoms with E-state index in [2.05, 4.69) is 12.7 Å². The second-order valence-electron chi connectivity index (χ2n) is 2.66. The lowest BCUT2D eigenvalue weighted by atomic mass is 10.1. The van der Waals surface area contributed by atoms with Crippen molar-refractivity contribution in [3.8, 4) is 0 Å². The Balaban J connectivity index is 2.77. The fraction of sp³-hybridized carbons (Fsp3) is 0.167. The largest absolute Gasteiger partial charge is 0.233 e. The minimum Gasteiger partial charge on any atom is -0.233 e. The third kappa shape index (κ3) is 3.25. The van der Waals surface area contributed by atoms with Gasteiger partial charge < -0.3 is 0 Å². The summed E-state index contributed by atoms with van der Waals surface area (Å²) in [6.45, 7) is 3.64. The van der Waals surface area contributed by atoms with Crippen LogP contribution in [0.25, 0.3) is 0 Å². The Morgan fingerprint density at radius 2 is 2.14 bits per heavy atom. The van der Waals surface area contributed by atoms with E-state index in [1.807, 2.05) is 36.4 Å². The molecule has 0 aliphatic carbocycles. The summed E-state index contributed by atoms with van der Waals surface area (Å²) in [6.07, 6.45) is 4.46. The molecule has 2 heteroatoms. The Bertz CT molecular complexity index is 325. The molecule has 0 fully saturated rings. The molecule has 0 aromatic heterocycles. The molecular weight excluding hydrogens is 192 g/mol. The van der Waals surface area contributed by atoms with E-state index in [1.54, 1.807) is 17.7 Å². The van der Waals surface area contributed by atoms with Crippen LogP contribution < -0.4 is 0 Å². The van der Waals surface area contributed by atoms with Gasteiger partial charge in [-0.3, -0.25) is 0 Å². The Labute approximate surface area is 88.5 Å². The molecule has 14 heavy (non-hydrogen) atoms. The van der Waals surface area contributed by atoms with Gasteiger partial charge >= 0.3 is 0 Å². The predicted molar refractivity (Wildman–Crippen MR) is 60.8 cm³/mol. The molecule has 1 rings (SSSR count). The highest BCUT2D eigenvalue weighted by Gasteiger charge is 2.07. The third-order valence-electron chi connectivity index (χ3n) is 1.67. The van der Waals surface area contributed by atoms with Crippen molar-refractivity contribution in [2.45, 2.75) is 5.25 Å². The van der Waals surface area contributed by atoms with Gasteiger partial charge in [0.1, 0.15) is 5.94 Å². The molecule has 0 aliphatic rings. The maximum absolute atomic E-state index is 10.3. The first-order valence-electron chi connectivity index (χ1n) is 4.28. The average Bonchev–Trinajstić information content (AvgIpc) is 2.25. The van der Waals surface area contributed by atoms with Crippen molar-refractivity contribution < 1.29 is 4.79 Å². The lowest BCUT2D eigenvalue weighted by Gasteiger charge is -2.08. The van der Waals surface area contributed by atoms with Crippen LogP contribution in [0.1, 0.15) is 10.8 Å². The number of hydrogen-bond acceptors (Lipinski definition) is 2. The summed E-state index contributed by atoms with van der Waals surface area (Å²) in [4.78, 5) is 10.3. The van der Waals surface area contributed by atoms with Crippen molar-refractivity contribution in [1.82, 2.24) is 0 Å². The van der Waals surface area contributed by atoms with Crippen molar-refractivity contribution in [1.29, 1.82) is 0 Å². The van der Waals surface area contributed by atoms with Crippen LogP contribution >= 0.6 is 11.8 Å². The molecule has 71 valence electrons. The highest BCUT2D eigenvalue weighted by Crippen LogP contribution is 2.28. The van der Waals surface area contributed by atoms with Gasteiger partial charge in [0.2, 0.25) is 0 Å². The molecule has 0 N–H and O–H groups in total. The van der Waals surface area contributed by atoms with Crippen LogP contribution in [0, 0.1) is 6.08 Å². The van der Waals surface area contributed by atoms with E-state index in [-0.39, 0.29) is 5.25 Å². The molecule has 0 bridgehead atoms. The lowest BCUT2D eigenvalue weighted by Crippen LogP contribution is -1.91. The first-order chi connectivity index (χ1) is 6.88. The molecule has 1 aromatic carbocycles. The summed E-state index contributed by atoms with van der Waals surface area (Å²) >= 11 is 1.61. The van der Waals surface area contributed by atoms with Crippen LogP contribution in [0.5, 0.6) is 0 Å². The Morgan fingerprint density at radius 3 is 2.71 bits per heavy atom. The average molecular weight is 203 g/mol. The maximum atomic E-state index is 10.3. The van der Waals surface area contributed by atoms with Gasteiger partial charge in [-0.2, -0.15) is 0 Å². The van der Waals surface area contributed by atoms with E-state index in [0.717, 1.165) is 11.3 Å². The highest BCUT2D eigenvalue weighted by atomic mass is 32.2. The van der Waals surface area contributed by atoms with Crippen LogP contribution in [0.3, 0.4) is 0 Å². The minimum atomic E-state index is -0.0355. The monoisotopic (exact) mass is 203 g/mol. The summed E-state index contributed by atoms with van der Waals surface area (Å²) < 4.78 is 0. The van der Waals surface area contributed by atoms with Gasteiger partial charge in [0.15, 0.2) is 0 Å². The smallest absolute Gasteiger partial charge is 0.130 e. The number of carbonyl (C=O) groups excluding carboxylic acids is 1. The number of rotatable bonds is 5. The van der Waals surface area contributed by atoms with E-state index in [4.69, 9.17) is 0 Å². The molecular formula is C12H11OS. The van der Waals surface area contributed by atoms with Crippen molar-refractivity contribution in [3.05, 3.63) is 54.6 Å².